The van der Waals surface area contributed by atoms with E-state index in [-0.39, 0.29) is 5.91 Å². The van der Waals surface area contributed by atoms with Crippen LogP contribution in [0.15, 0.2) is 42.5 Å². The zero-order valence-corrected chi connectivity index (χ0v) is 16.2. The highest BCUT2D eigenvalue weighted by atomic mass is 32.1. The van der Waals surface area contributed by atoms with E-state index in [9.17, 15) is 4.79 Å². The lowest BCUT2D eigenvalue weighted by molar-refractivity contribution is 0.0787. The number of hydrogen-bond acceptors (Lipinski definition) is 4. The second-order valence-electron chi connectivity index (χ2n) is 7.12. The molecule has 1 unspecified atom stereocenters. The normalized spacial score (nSPS) is 17.4. The van der Waals surface area contributed by atoms with Crippen LogP contribution >= 0.6 is 11.3 Å². The van der Waals surface area contributed by atoms with Gasteiger partial charge in [0.1, 0.15) is 9.88 Å². The van der Waals surface area contributed by atoms with Crippen LogP contribution in [0.3, 0.4) is 0 Å². The number of aromatic nitrogens is 1. The molecule has 1 aliphatic rings. The molecule has 1 aromatic heterocycles. The lowest BCUT2D eigenvalue weighted by atomic mass is 10.1. The average molecular weight is 366 g/mol. The number of rotatable bonds is 3. The SMILES string of the molecule is Cc1nc(-c2cccc3ccccc23)sc1C(=O)N1CCC(N(C)C)C1. The van der Waals surface area contributed by atoms with Gasteiger partial charge >= 0.3 is 0 Å². The second kappa shape index (κ2) is 6.82. The van der Waals surface area contributed by atoms with E-state index in [4.69, 9.17) is 4.98 Å². The van der Waals surface area contributed by atoms with E-state index in [0.29, 0.717) is 6.04 Å². The number of nitrogens with zero attached hydrogens (tertiary/aromatic N) is 3. The van der Waals surface area contributed by atoms with Gasteiger partial charge in [-0.2, -0.15) is 0 Å². The van der Waals surface area contributed by atoms with E-state index in [1.807, 2.05) is 24.0 Å². The van der Waals surface area contributed by atoms with Gasteiger partial charge in [-0.15, -0.1) is 11.3 Å². The van der Waals surface area contributed by atoms with E-state index in [0.717, 1.165) is 40.7 Å². The highest BCUT2D eigenvalue weighted by Crippen LogP contribution is 2.34. The van der Waals surface area contributed by atoms with Gasteiger partial charge in [-0.05, 0) is 38.2 Å². The summed E-state index contributed by atoms with van der Waals surface area (Å²) in [5, 5.41) is 3.29. The lowest BCUT2D eigenvalue weighted by Gasteiger charge is -2.20. The Bertz CT molecular complexity index is 958. The van der Waals surface area contributed by atoms with E-state index >= 15 is 0 Å². The standard InChI is InChI=1S/C21H23N3OS/c1-14-19(21(25)24-12-11-16(13-24)23(2)3)26-20(22-14)18-10-6-8-15-7-4-5-9-17(15)18/h4-10,16H,11-13H2,1-3H3. The van der Waals surface area contributed by atoms with Crippen molar-refractivity contribution in [1.82, 2.24) is 14.8 Å². The van der Waals surface area contributed by atoms with Crippen molar-refractivity contribution in [1.29, 1.82) is 0 Å². The predicted octanol–water partition coefficient (Wildman–Crippen LogP) is 4.05. The van der Waals surface area contributed by atoms with Crippen molar-refractivity contribution in [2.45, 2.75) is 19.4 Å². The summed E-state index contributed by atoms with van der Waals surface area (Å²) in [6.45, 7) is 3.56. The van der Waals surface area contributed by atoms with Gasteiger partial charge in [-0.3, -0.25) is 4.79 Å². The first-order chi connectivity index (χ1) is 12.5. The van der Waals surface area contributed by atoms with Crippen molar-refractivity contribution in [2.24, 2.45) is 0 Å². The molecule has 0 aliphatic carbocycles. The van der Waals surface area contributed by atoms with Crippen LogP contribution in [0, 0.1) is 6.92 Å². The number of likely N-dealkylation sites (N-methyl/N-ethyl adjacent to an activating group) is 1. The molecule has 2 aromatic carbocycles. The molecular formula is C21H23N3OS. The molecule has 1 saturated heterocycles. The van der Waals surface area contributed by atoms with Crippen LogP contribution < -0.4 is 0 Å². The summed E-state index contributed by atoms with van der Waals surface area (Å²) in [5.41, 5.74) is 1.93. The van der Waals surface area contributed by atoms with Crippen LogP contribution in [0.2, 0.25) is 0 Å². The van der Waals surface area contributed by atoms with Crippen molar-refractivity contribution in [2.75, 3.05) is 27.2 Å². The van der Waals surface area contributed by atoms with Crippen LogP contribution in [-0.4, -0.2) is 53.9 Å². The molecule has 0 bridgehead atoms. The Morgan fingerprint density at radius 1 is 1.19 bits per heavy atom. The van der Waals surface area contributed by atoms with Gasteiger partial charge in [-0.1, -0.05) is 42.5 Å². The smallest absolute Gasteiger partial charge is 0.265 e. The monoisotopic (exact) mass is 365 g/mol. The molecule has 1 aliphatic heterocycles. The summed E-state index contributed by atoms with van der Waals surface area (Å²) in [4.78, 5) is 22.7. The maximum Gasteiger partial charge on any atom is 0.265 e. The van der Waals surface area contributed by atoms with Crippen molar-refractivity contribution in [3.63, 3.8) is 0 Å². The number of likely N-dealkylation sites (tertiary alicyclic amines) is 1. The molecule has 0 radical (unpaired) electrons. The topological polar surface area (TPSA) is 36.4 Å². The van der Waals surface area contributed by atoms with Crippen LogP contribution in [0.25, 0.3) is 21.3 Å². The number of amides is 1. The first kappa shape index (κ1) is 17.2. The number of fused-ring (bicyclic) bond motifs is 1. The van der Waals surface area contributed by atoms with Gasteiger partial charge in [0.05, 0.1) is 5.69 Å². The first-order valence-corrected chi connectivity index (χ1v) is 9.77. The van der Waals surface area contributed by atoms with E-state index < -0.39 is 0 Å². The van der Waals surface area contributed by atoms with Gasteiger partial charge in [0.2, 0.25) is 0 Å². The van der Waals surface area contributed by atoms with E-state index in [1.54, 1.807) is 0 Å². The minimum Gasteiger partial charge on any atom is -0.336 e. The molecule has 5 heteroatoms. The number of carbonyl (C=O) groups excluding carboxylic acids is 1. The van der Waals surface area contributed by atoms with Crippen molar-refractivity contribution in [3.8, 4) is 10.6 Å². The Morgan fingerprint density at radius 2 is 1.96 bits per heavy atom. The quantitative estimate of drug-likeness (QED) is 0.703. The summed E-state index contributed by atoms with van der Waals surface area (Å²) in [6.07, 6.45) is 1.03. The summed E-state index contributed by atoms with van der Waals surface area (Å²) < 4.78 is 0. The van der Waals surface area contributed by atoms with E-state index in [1.165, 1.54) is 22.1 Å². The fourth-order valence-electron chi connectivity index (χ4n) is 3.61. The molecule has 0 N–H and O–H groups in total. The van der Waals surface area contributed by atoms with Gasteiger partial charge in [0.25, 0.3) is 5.91 Å². The molecule has 0 spiro atoms. The second-order valence-corrected chi connectivity index (χ2v) is 8.12. The van der Waals surface area contributed by atoms with E-state index in [2.05, 4.69) is 49.3 Å². The lowest BCUT2D eigenvalue weighted by Crippen LogP contribution is -2.34. The van der Waals surface area contributed by atoms with Gasteiger partial charge < -0.3 is 9.80 Å². The largest absolute Gasteiger partial charge is 0.336 e. The third-order valence-corrected chi connectivity index (χ3v) is 6.37. The first-order valence-electron chi connectivity index (χ1n) is 8.96. The fourth-order valence-corrected chi connectivity index (χ4v) is 4.69. The summed E-state index contributed by atoms with van der Waals surface area (Å²) in [6, 6.07) is 15.0. The minimum atomic E-state index is 0.121. The predicted molar refractivity (Wildman–Crippen MR) is 108 cm³/mol. The molecule has 4 nitrogen and oxygen atoms in total. The van der Waals surface area contributed by atoms with Gasteiger partial charge in [0, 0.05) is 24.7 Å². The molecule has 4 rings (SSSR count). The molecule has 1 amide bonds. The van der Waals surface area contributed by atoms with Crippen LogP contribution in [0.1, 0.15) is 21.8 Å². The summed E-state index contributed by atoms with van der Waals surface area (Å²) in [5.74, 6) is 0.121. The fraction of sp³-hybridized carbons (Fsp3) is 0.333. The highest BCUT2D eigenvalue weighted by molar-refractivity contribution is 7.17. The van der Waals surface area contributed by atoms with Crippen LogP contribution in [0.5, 0.6) is 0 Å². The zero-order chi connectivity index (χ0) is 18.3. The molecular weight excluding hydrogens is 342 g/mol. The molecule has 1 atom stereocenters. The van der Waals surface area contributed by atoms with Crippen molar-refractivity contribution in [3.05, 3.63) is 53.0 Å². The van der Waals surface area contributed by atoms with Gasteiger partial charge in [0.15, 0.2) is 0 Å². The Balaban J connectivity index is 1.67. The Morgan fingerprint density at radius 3 is 2.73 bits per heavy atom. The molecule has 26 heavy (non-hydrogen) atoms. The zero-order valence-electron chi connectivity index (χ0n) is 15.4. The summed E-state index contributed by atoms with van der Waals surface area (Å²) >= 11 is 1.52. The Labute approximate surface area is 158 Å². The highest BCUT2D eigenvalue weighted by Gasteiger charge is 2.30. The van der Waals surface area contributed by atoms with Crippen molar-refractivity contribution < 1.29 is 4.79 Å². The number of benzene rings is 2. The third-order valence-electron chi connectivity index (χ3n) is 5.19. The van der Waals surface area contributed by atoms with Gasteiger partial charge in [-0.25, -0.2) is 4.98 Å². The molecule has 134 valence electrons. The maximum absolute atomic E-state index is 13.0. The van der Waals surface area contributed by atoms with Crippen molar-refractivity contribution >= 4 is 28.0 Å². The molecule has 2 heterocycles. The Hall–Kier alpha value is -2.24. The van der Waals surface area contributed by atoms with Crippen LogP contribution in [-0.2, 0) is 0 Å². The maximum atomic E-state index is 13.0. The third kappa shape index (κ3) is 3.02. The Kier molecular flexibility index (Phi) is 4.51. The summed E-state index contributed by atoms with van der Waals surface area (Å²) in [7, 11) is 4.16. The molecule has 0 saturated carbocycles. The van der Waals surface area contributed by atoms with Crippen LogP contribution in [0.4, 0.5) is 0 Å². The number of hydrogen-bond donors (Lipinski definition) is 0. The number of aryl methyl sites for hydroxylation is 1. The minimum absolute atomic E-state index is 0.121. The number of carbonyl (C=O) groups is 1. The number of thiazole rings is 1. The average Bonchev–Trinajstić information content (AvgIpc) is 3.28. The molecule has 3 aromatic rings. The molecule has 1 fully saturated rings.